The van der Waals surface area contributed by atoms with Crippen LogP contribution in [0.1, 0.15) is 47.5 Å². The van der Waals surface area contributed by atoms with Crippen molar-refractivity contribution in [1.29, 1.82) is 0 Å². The lowest BCUT2D eigenvalue weighted by Crippen LogP contribution is -2.41. The molecule has 0 saturated heterocycles. The number of amides is 1. The number of nitrogens with one attached hydrogen (secondary N) is 2. The number of hydrogen-bond acceptors (Lipinski definition) is 4. The van der Waals surface area contributed by atoms with Gasteiger partial charge in [-0.1, -0.05) is 13.8 Å². The molecule has 2 N–H and O–H groups in total. The van der Waals surface area contributed by atoms with E-state index in [2.05, 4.69) is 33.6 Å². The molecule has 0 heterocycles. The van der Waals surface area contributed by atoms with Gasteiger partial charge in [0.1, 0.15) is 5.54 Å². The van der Waals surface area contributed by atoms with E-state index in [-0.39, 0.29) is 11.9 Å². The monoisotopic (exact) mass is 268 g/mol. The minimum atomic E-state index is -0.810. The normalized spacial score (nSPS) is 12.5. The van der Waals surface area contributed by atoms with Crippen LogP contribution in [0.2, 0.25) is 0 Å². The minimum Gasteiger partial charge on any atom is -0.354 e. The lowest BCUT2D eigenvalue weighted by atomic mass is 10.1. The second kappa shape index (κ2) is 9.70. The van der Waals surface area contributed by atoms with Crippen LogP contribution in [-0.2, 0) is 4.79 Å². The van der Waals surface area contributed by atoms with Gasteiger partial charge in [0.2, 0.25) is 5.91 Å². The Morgan fingerprint density at radius 2 is 1.89 bits per heavy atom. The largest absolute Gasteiger partial charge is 0.354 e. The highest BCUT2D eigenvalue weighted by Gasteiger charge is 2.25. The van der Waals surface area contributed by atoms with E-state index in [4.69, 9.17) is 0 Å². The van der Waals surface area contributed by atoms with Gasteiger partial charge in [-0.2, -0.15) is 0 Å². The summed E-state index contributed by atoms with van der Waals surface area (Å²) in [4.78, 5) is 20.1. The fraction of sp³-hybridized carbons (Fsp3) is 0.857. The zero-order chi connectivity index (χ0) is 14.7. The maximum absolute atomic E-state index is 11.8. The molecule has 0 fully saturated rings. The molecule has 0 saturated carbocycles. The highest BCUT2D eigenvalue weighted by atomic mass is 16.2. The molecule has 1 amide bonds. The standard InChI is InChI=1S/C14H28N4O/c1-6-8-15-10-12(3)17-11-18-14(4,5)13(19)16-9-7-2/h12,15H,6-10H2,1-5H3,(H,16,19). The number of carbonyl (C=O) groups is 1. The summed E-state index contributed by atoms with van der Waals surface area (Å²) in [5.41, 5.74) is -0.810. The molecule has 110 valence electrons. The van der Waals surface area contributed by atoms with Crippen molar-refractivity contribution in [2.24, 2.45) is 9.98 Å². The van der Waals surface area contributed by atoms with Crippen molar-refractivity contribution >= 4 is 11.9 Å². The van der Waals surface area contributed by atoms with E-state index < -0.39 is 5.54 Å². The molecule has 0 aliphatic heterocycles. The van der Waals surface area contributed by atoms with E-state index in [1.165, 1.54) is 0 Å². The van der Waals surface area contributed by atoms with Crippen molar-refractivity contribution in [3.05, 3.63) is 0 Å². The summed E-state index contributed by atoms with van der Waals surface area (Å²) in [6.45, 7) is 12.1. The van der Waals surface area contributed by atoms with Crippen LogP contribution in [0, 0.1) is 0 Å². The molecule has 1 unspecified atom stereocenters. The Hall–Kier alpha value is -1.19. The molecule has 0 aromatic heterocycles. The topological polar surface area (TPSA) is 65.8 Å². The Morgan fingerprint density at radius 3 is 2.47 bits per heavy atom. The van der Waals surface area contributed by atoms with Gasteiger partial charge in [0.05, 0.1) is 12.1 Å². The van der Waals surface area contributed by atoms with Gasteiger partial charge in [0, 0.05) is 13.1 Å². The first kappa shape index (κ1) is 17.8. The fourth-order valence-electron chi connectivity index (χ4n) is 1.29. The Kier molecular flexibility index (Phi) is 9.09. The van der Waals surface area contributed by atoms with E-state index in [0.717, 1.165) is 25.9 Å². The summed E-state index contributed by atoms with van der Waals surface area (Å²) in [7, 11) is 0. The Labute approximate surface area is 117 Å². The molecule has 0 aromatic rings. The first-order valence-corrected chi connectivity index (χ1v) is 7.09. The third-order valence-corrected chi connectivity index (χ3v) is 2.57. The van der Waals surface area contributed by atoms with Gasteiger partial charge in [0.25, 0.3) is 0 Å². The number of aliphatic imine (C=N–C) groups is 2. The highest BCUT2D eigenvalue weighted by Crippen LogP contribution is 2.07. The zero-order valence-electron chi connectivity index (χ0n) is 12.9. The number of rotatable bonds is 9. The fourth-order valence-corrected chi connectivity index (χ4v) is 1.29. The molecular formula is C14H28N4O. The average molecular weight is 268 g/mol. The molecule has 0 bridgehead atoms. The maximum Gasteiger partial charge on any atom is 0.248 e. The van der Waals surface area contributed by atoms with Gasteiger partial charge in [-0.3, -0.25) is 4.79 Å². The molecule has 5 nitrogen and oxygen atoms in total. The Bertz CT molecular complexity index is 319. The van der Waals surface area contributed by atoms with Crippen LogP contribution in [-0.4, -0.2) is 43.1 Å². The van der Waals surface area contributed by atoms with Crippen LogP contribution in [0.4, 0.5) is 0 Å². The summed E-state index contributed by atoms with van der Waals surface area (Å²) in [6.07, 6.45) is 2.02. The summed E-state index contributed by atoms with van der Waals surface area (Å²) < 4.78 is 0. The molecule has 5 heteroatoms. The molecule has 0 aromatic carbocycles. The number of hydrogen-bond donors (Lipinski definition) is 2. The number of carbonyl (C=O) groups excluding carboxylic acids is 1. The predicted molar refractivity (Wildman–Crippen MR) is 79.9 cm³/mol. The molecule has 19 heavy (non-hydrogen) atoms. The molecular weight excluding hydrogens is 240 g/mol. The highest BCUT2D eigenvalue weighted by molar-refractivity contribution is 5.86. The Balaban J connectivity index is 4.29. The molecule has 0 spiro atoms. The molecule has 1 atom stereocenters. The van der Waals surface area contributed by atoms with Crippen molar-refractivity contribution in [3.63, 3.8) is 0 Å². The van der Waals surface area contributed by atoms with E-state index in [9.17, 15) is 4.79 Å². The SMILES string of the molecule is CCCNCC(C)N=C=NC(C)(C)C(=O)NCCC. The first-order valence-electron chi connectivity index (χ1n) is 7.09. The van der Waals surface area contributed by atoms with Gasteiger partial charge in [0.15, 0.2) is 0 Å². The van der Waals surface area contributed by atoms with Gasteiger partial charge in [-0.05, 0) is 40.2 Å². The molecule has 0 aliphatic carbocycles. The smallest absolute Gasteiger partial charge is 0.248 e. The summed E-state index contributed by atoms with van der Waals surface area (Å²) >= 11 is 0. The van der Waals surface area contributed by atoms with Gasteiger partial charge in [-0.25, -0.2) is 9.98 Å². The second-order valence-electron chi connectivity index (χ2n) is 5.21. The number of nitrogens with zero attached hydrogens (tertiary/aromatic N) is 2. The second-order valence-corrected chi connectivity index (χ2v) is 5.21. The van der Waals surface area contributed by atoms with Crippen LogP contribution >= 0.6 is 0 Å². The van der Waals surface area contributed by atoms with Crippen LogP contribution < -0.4 is 10.6 Å². The van der Waals surface area contributed by atoms with Crippen LogP contribution in [0.3, 0.4) is 0 Å². The lowest BCUT2D eigenvalue weighted by molar-refractivity contribution is -0.125. The minimum absolute atomic E-state index is 0.0891. The summed E-state index contributed by atoms with van der Waals surface area (Å²) in [6, 6.07) is 2.77. The zero-order valence-corrected chi connectivity index (χ0v) is 12.9. The molecule has 0 radical (unpaired) electrons. The van der Waals surface area contributed by atoms with Crippen molar-refractivity contribution in [2.45, 2.75) is 59.0 Å². The third kappa shape index (κ3) is 8.51. The molecule has 0 rings (SSSR count). The molecule has 0 aliphatic rings. The van der Waals surface area contributed by atoms with Crippen molar-refractivity contribution in [2.75, 3.05) is 19.6 Å². The van der Waals surface area contributed by atoms with E-state index in [0.29, 0.717) is 6.54 Å². The lowest BCUT2D eigenvalue weighted by Gasteiger charge is -2.16. The first-order chi connectivity index (χ1) is 8.94. The quantitative estimate of drug-likeness (QED) is 0.495. The van der Waals surface area contributed by atoms with Gasteiger partial charge >= 0.3 is 0 Å². The maximum atomic E-state index is 11.8. The summed E-state index contributed by atoms with van der Waals surface area (Å²) in [5.74, 6) is -0.0891. The third-order valence-electron chi connectivity index (χ3n) is 2.57. The van der Waals surface area contributed by atoms with Crippen LogP contribution in [0.15, 0.2) is 9.98 Å². The predicted octanol–water partition coefficient (Wildman–Crippen LogP) is 1.85. The van der Waals surface area contributed by atoms with E-state index >= 15 is 0 Å². The van der Waals surface area contributed by atoms with E-state index in [1.807, 2.05) is 13.8 Å². The van der Waals surface area contributed by atoms with Crippen LogP contribution in [0.25, 0.3) is 0 Å². The van der Waals surface area contributed by atoms with Crippen molar-refractivity contribution in [3.8, 4) is 0 Å². The summed E-state index contributed by atoms with van der Waals surface area (Å²) in [5, 5.41) is 6.10. The van der Waals surface area contributed by atoms with Crippen molar-refractivity contribution in [1.82, 2.24) is 10.6 Å². The van der Waals surface area contributed by atoms with Gasteiger partial charge in [-0.15, -0.1) is 0 Å². The van der Waals surface area contributed by atoms with E-state index in [1.54, 1.807) is 13.8 Å². The van der Waals surface area contributed by atoms with Crippen LogP contribution in [0.5, 0.6) is 0 Å². The average Bonchev–Trinajstić information content (AvgIpc) is 2.36. The van der Waals surface area contributed by atoms with Crippen molar-refractivity contribution < 1.29 is 4.79 Å². The van der Waals surface area contributed by atoms with Gasteiger partial charge < -0.3 is 10.6 Å². The Morgan fingerprint density at radius 1 is 1.26 bits per heavy atom.